The van der Waals surface area contributed by atoms with E-state index in [-0.39, 0.29) is 31.0 Å². The van der Waals surface area contributed by atoms with Crippen molar-refractivity contribution < 1.29 is 28.4 Å². The van der Waals surface area contributed by atoms with Gasteiger partial charge in [-0.3, -0.25) is 0 Å². The van der Waals surface area contributed by atoms with Crippen LogP contribution in [0.3, 0.4) is 0 Å². The molecule has 14 heavy (non-hydrogen) atoms. The molecule has 0 spiro atoms. The molecular formula is C9H13LiN2O2-2. The summed E-state index contributed by atoms with van der Waals surface area (Å²) in [5.74, 6) is -0.674. The first-order valence-corrected chi connectivity index (χ1v) is 3.56. The van der Waals surface area contributed by atoms with E-state index in [1.54, 1.807) is 6.92 Å². The second kappa shape index (κ2) is 14.4. The Balaban J connectivity index is -0.000000267. The fourth-order valence-electron chi connectivity index (χ4n) is 0.358. The van der Waals surface area contributed by atoms with E-state index in [1.807, 2.05) is 6.20 Å². The van der Waals surface area contributed by atoms with Crippen LogP contribution < -0.4 is 24.6 Å². The minimum Gasteiger partial charge on any atom is -0.878 e. The monoisotopic (exact) mass is 188 g/mol. The summed E-state index contributed by atoms with van der Waals surface area (Å²) in [5.41, 5.74) is 4.67. The number of hydrogen-bond acceptors (Lipinski definition) is 3. The molecule has 0 aliphatic carbocycles. The molecule has 0 saturated heterocycles. The van der Waals surface area contributed by atoms with E-state index in [1.165, 1.54) is 6.08 Å². The molecule has 0 bridgehead atoms. The van der Waals surface area contributed by atoms with E-state index < -0.39 is 5.97 Å². The molecule has 0 aromatic carbocycles. The van der Waals surface area contributed by atoms with Gasteiger partial charge in [0, 0.05) is 0 Å². The van der Waals surface area contributed by atoms with Crippen LogP contribution in [0.1, 0.15) is 6.92 Å². The molecule has 2 N–H and O–H groups in total. The van der Waals surface area contributed by atoms with Gasteiger partial charge >= 0.3 is 18.9 Å². The van der Waals surface area contributed by atoms with Crippen molar-refractivity contribution in [3.8, 4) is 0 Å². The van der Waals surface area contributed by atoms with Gasteiger partial charge in [0.25, 0.3) is 0 Å². The van der Waals surface area contributed by atoms with Crippen molar-refractivity contribution >= 4 is 12.2 Å². The average molecular weight is 188 g/mol. The molecule has 0 amide bonds. The Kier molecular flexibility index (Phi) is 19.2. The standard InChI is InChI=1S/C6H8N2O2.C3H5.Li/c1-2-10-6(9)5(3-7)4-8;1-3-2;/h3H,2,8H2,1H3;3H,1-2H2;/q-2;-1;+1. The van der Waals surface area contributed by atoms with Crippen LogP contribution in [0.15, 0.2) is 18.2 Å². The van der Waals surface area contributed by atoms with Crippen LogP contribution in [-0.4, -0.2) is 18.8 Å². The van der Waals surface area contributed by atoms with Gasteiger partial charge in [-0.15, -0.1) is 11.8 Å². The first kappa shape index (κ1) is 18.6. The van der Waals surface area contributed by atoms with Crippen molar-refractivity contribution in [2.75, 3.05) is 6.61 Å². The van der Waals surface area contributed by atoms with Gasteiger partial charge in [0.2, 0.25) is 5.97 Å². The Morgan fingerprint density at radius 2 is 2.21 bits per heavy atom. The molecule has 74 valence electrons. The summed E-state index contributed by atoms with van der Waals surface area (Å²) >= 11 is 0. The van der Waals surface area contributed by atoms with Crippen LogP contribution in [0.5, 0.6) is 0 Å². The Morgan fingerprint density at radius 1 is 1.79 bits per heavy atom. The number of nitrogens with two attached hydrogens (primary N) is 1. The Hall–Kier alpha value is -1.11. The van der Waals surface area contributed by atoms with Gasteiger partial charge in [-0.05, 0) is 6.92 Å². The molecule has 0 saturated carbocycles. The number of ether oxygens (including phenoxy) is 1. The third-order valence-corrected chi connectivity index (χ3v) is 0.780. The summed E-state index contributed by atoms with van der Waals surface area (Å²) in [4.78, 5) is 10.6. The van der Waals surface area contributed by atoms with Gasteiger partial charge in [0.05, 0.1) is 6.61 Å². The van der Waals surface area contributed by atoms with E-state index in [4.69, 9.17) is 11.1 Å². The summed E-state index contributed by atoms with van der Waals surface area (Å²) in [6.07, 6.45) is 4.03. The van der Waals surface area contributed by atoms with Crippen molar-refractivity contribution in [1.29, 1.82) is 0 Å². The Morgan fingerprint density at radius 3 is 2.43 bits per heavy atom. The second-order valence-electron chi connectivity index (χ2n) is 1.70. The van der Waals surface area contributed by atoms with Gasteiger partial charge in [-0.25, -0.2) is 19.6 Å². The minimum atomic E-state index is -0.674. The number of nitrogens with zero attached hydrogens (tertiary/aromatic N) is 1. The Bertz CT molecular complexity index is 203. The minimum absolute atomic E-state index is 0. The molecular weight excluding hydrogens is 175 g/mol. The summed E-state index contributed by atoms with van der Waals surface area (Å²) in [6, 6.07) is 0. The van der Waals surface area contributed by atoms with Gasteiger partial charge in [0.15, 0.2) is 0 Å². The van der Waals surface area contributed by atoms with Gasteiger partial charge < -0.3 is 26.9 Å². The van der Waals surface area contributed by atoms with E-state index in [0.29, 0.717) is 6.21 Å². The molecule has 0 rings (SSSR count). The maximum atomic E-state index is 10.6. The SMILES string of the molecule is C=C[CH2-].CCOC(=O)C(=[C-]N)C=[N-].[Li+]. The summed E-state index contributed by atoms with van der Waals surface area (Å²) < 4.78 is 4.48. The summed E-state index contributed by atoms with van der Waals surface area (Å²) in [6.45, 7) is 8.40. The van der Waals surface area contributed by atoms with Crippen molar-refractivity contribution in [3.05, 3.63) is 36.8 Å². The average Bonchev–Trinajstić information content (AvgIpc) is 2.08. The third kappa shape index (κ3) is 10.9. The van der Waals surface area contributed by atoms with Crippen LogP contribution in [-0.2, 0) is 9.53 Å². The number of rotatable bonds is 3. The maximum Gasteiger partial charge on any atom is 1.00 e. The first-order chi connectivity index (χ1) is 6.17. The first-order valence-electron chi connectivity index (χ1n) is 3.56. The zero-order valence-electron chi connectivity index (χ0n) is 8.62. The fourth-order valence-corrected chi connectivity index (χ4v) is 0.358. The maximum absolute atomic E-state index is 10.6. The topological polar surface area (TPSA) is 74.6 Å². The predicted molar refractivity (Wildman–Crippen MR) is 52.6 cm³/mol. The normalized spacial score (nSPS) is 8.50. The molecule has 4 nitrogen and oxygen atoms in total. The van der Waals surface area contributed by atoms with Crippen molar-refractivity contribution in [1.82, 2.24) is 0 Å². The molecule has 0 aliphatic heterocycles. The van der Waals surface area contributed by atoms with Crippen molar-refractivity contribution in [3.63, 3.8) is 0 Å². The molecule has 0 heterocycles. The molecule has 0 atom stereocenters. The smallest absolute Gasteiger partial charge is 0.878 e. The Labute approximate surface area is 96.9 Å². The molecule has 0 aliphatic rings. The van der Waals surface area contributed by atoms with Gasteiger partial charge in [-0.1, -0.05) is 0 Å². The van der Waals surface area contributed by atoms with Gasteiger partial charge in [-0.2, -0.15) is 0 Å². The number of carbonyl (C=O) groups is 1. The largest absolute Gasteiger partial charge is 1.00 e. The number of hydrogen-bond donors (Lipinski definition) is 1. The molecule has 0 radical (unpaired) electrons. The molecule has 0 aromatic heterocycles. The van der Waals surface area contributed by atoms with E-state index in [0.717, 1.165) is 0 Å². The summed E-state index contributed by atoms with van der Waals surface area (Å²) in [5, 5.41) is 8.32. The van der Waals surface area contributed by atoms with Crippen LogP contribution in [0.2, 0.25) is 0 Å². The molecule has 0 fully saturated rings. The van der Waals surface area contributed by atoms with Crippen LogP contribution in [0, 0.1) is 13.1 Å². The molecule has 5 heteroatoms. The van der Waals surface area contributed by atoms with Crippen LogP contribution in [0.4, 0.5) is 0 Å². The van der Waals surface area contributed by atoms with E-state index in [2.05, 4.69) is 18.2 Å². The van der Waals surface area contributed by atoms with Crippen molar-refractivity contribution in [2.24, 2.45) is 5.73 Å². The van der Waals surface area contributed by atoms with Crippen LogP contribution >= 0.6 is 0 Å². The summed E-state index contributed by atoms with van der Waals surface area (Å²) in [7, 11) is 0. The third-order valence-electron chi connectivity index (χ3n) is 0.780. The number of esters is 1. The molecule has 0 unspecified atom stereocenters. The van der Waals surface area contributed by atoms with E-state index in [9.17, 15) is 4.79 Å². The van der Waals surface area contributed by atoms with E-state index >= 15 is 0 Å². The van der Waals surface area contributed by atoms with Gasteiger partial charge in [0.1, 0.15) is 0 Å². The zero-order valence-corrected chi connectivity index (χ0v) is 8.62. The fraction of sp³-hybridized carbons (Fsp3) is 0.222. The zero-order chi connectivity index (χ0) is 10.7. The quantitative estimate of drug-likeness (QED) is 0.137. The number of carbonyl (C=O) groups excluding carboxylic acids is 1. The molecule has 0 aromatic rings. The number of allylic oxidation sites excluding steroid dienone is 1. The van der Waals surface area contributed by atoms with Crippen molar-refractivity contribution in [2.45, 2.75) is 6.92 Å². The van der Waals surface area contributed by atoms with Crippen LogP contribution in [0.25, 0.3) is 5.41 Å². The second-order valence-corrected chi connectivity index (χ2v) is 1.70. The predicted octanol–water partition coefficient (Wildman–Crippen LogP) is -2.15.